The predicted octanol–water partition coefficient (Wildman–Crippen LogP) is 2.09. The van der Waals surface area contributed by atoms with Gasteiger partial charge in [-0.1, -0.05) is 6.07 Å². The SMILES string of the molecule is NS(=O)(=O)c1nc2c(SC(F)(F)F)cccc2o1. The molecule has 5 nitrogen and oxygen atoms in total. The number of fused-ring (bicyclic) bond motifs is 1. The Morgan fingerprint density at radius 2 is 2.00 bits per heavy atom. The van der Waals surface area contributed by atoms with Gasteiger partial charge in [0, 0.05) is 4.90 Å². The lowest BCUT2D eigenvalue weighted by atomic mass is 10.3. The number of alkyl halides is 3. The van der Waals surface area contributed by atoms with Gasteiger partial charge in [-0.25, -0.2) is 13.6 Å². The molecule has 0 saturated carbocycles. The molecule has 0 aliphatic heterocycles. The molecule has 10 heteroatoms. The minimum atomic E-state index is -4.50. The van der Waals surface area contributed by atoms with Crippen LogP contribution >= 0.6 is 11.8 Å². The van der Waals surface area contributed by atoms with Crippen LogP contribution in [-0.4, -0.2) is 18.9 Å². The Kier molecular flexibility index (Phi) is 3.03. The number of benzene rings is 1. The van der Waals surface area contributed by atoms with Gasteiger partial charge in [-0.3, -0.25) is 0 Å². The highest BCUT2D eigenvalue weighted by Gasteiger charge is 2.31. The Bertz CT molecular complexity index is 693. The first kappa shape index (κ1) is 13.2. The number of hydrogen-bond acceptors (Lipinski definition) is 5. The Hall–Kier alpha value is -1.26. The van der Waals surface area contributed by atoms with Crippen molar-refractivity contribution in [2.45, 2.75) is 15.6 Å². The molecule has 1 aromatic carbocycles. The van der Waals surface area contributed by atoms with Crippen molar-refractivity contribution in [3.63, 3.8) is 0 Å². The molecule has 1 heterocycles. The minimum Gasteiger partial charge on any atom is -0.427 e. The lowest BCUT2D eigenvalue weighted by Crippen LogP contribution is -2.12. The van der Waals surface area contributed by atoms with E-state index < -0.39 is 32.5 Å². The number of aromatic nitrogens is 1. The number of halogens is 3. The van der Waals surface area contributed by atoms with E-state index in [4.69, 9.17) is 9.56 Å². The molecule has 0 fully saturated rings. The van der Waals surface area contributed by atoms with Crippen molar-refractivity contribution in [1.82, 2.24) is 4.98 Å². The van der Waals surface area contributed by atoms with Crippen LogP contribution in [0.4, 0.5) is 13.2 Å². The zero-order chi connectivity index (χ0) is 13.6. The van der Waals surface area contributed by atoms with Crippen LogP contribution in [0.5, 0.6) is 0 Å². The number of sulfonamides is 1. The van der Waals surface area contributed by atoms with Crippen molar-refractivity contribution < 1.29 is 26.0 Å². The molecule has 0 radical (unpaired) electrons. The first-order valence-electron chi connectivity index (χ1n) is 4.35. The summed E-state index contributed by atoms with van der Waals surface area (Å²) in [5.41, 5.74) is -4.77. The average Bonchev–Trinajstić information content (AvgIpc) is 2.59. The number of oxazole rings is 1. The van der Waals surface area contributed by atoms with E-state index in [0.29, 0.717) is 0 Å². The third-order valence-corrected chi connectivity index (χ3v) is 3.27. The van der Waals surface area contributed by atoms with E-state index in [1.165, 1.54) is 12.1 Å². The molecule has 1 aromatic heterocycles. The summed E-state index contributed by atoms with van der Waals surface area (Å²) in [6, 6.07) is 3.77. The van der Waals surface area contributed by atoms with Gasteiger partial charge in [0.15, 0.2) is 5.58 Å². The van der Waals surface area contributed by atoms with Crippen molar-refractivity contribution >= 4 is 32.9 Å². The summed E-state index contributed by atoms with van der Waals surface area (Å²) in [4.78, 5) is 3.22. The molecule has 0 saturated heterocycles. The Balaban J connectivity index is 2.60. The molecule has 0 unspecified atom stereocenters. The van der Waals surface area contributed by atoms with Crippen molar-refractivity contribution in [1.29, 1.82) is 0 Å². The second-order valence-corrected chi connectivity index (χ2v) is 5.72. The van der Waals surface area contributed by atoms with Gasteiger partial charge in [0.2, 0.25) is 0 Å². The summed E-state index contributed by atoms with van der Waals surface area (Å²) >= 11 is -0.404. The zero-order valence-electron chi connectivity index (χ0n) is 8.43. The predicted molar refractivity (Wildman–Crippen MR) is 57.3 cm³/mol. The first-order chi connectivity index (χ1) is 8.17. The van der Waals surface area contributed by atoms with Gasteiger partial charge < -0.3 is 4.42 Å². The van der Waals surface area contributed by atoms with Crippen LogP contribution in [0.15, 0.2) is 32.7 Å². The Morgan fingerprint density at radius 3 is 2.56 bits per heavy atom. The number of rotatable bonds is 2. The van der Waals surface area contributed by atoms with E-state index in [2.05, 4.69) is 4.98 Å². The van der Waals surface area contributed by atoms with Crippen LogP contribution in [0.25, 0.3) is 11.1 Å². The van der Waals surface area contributed by atoms with Gasteiger partial charge >= 0.3 is 10.7 Å². The van der Waals surface area contributed by atoms with E-state index in [-0.39, 0.29) is 16.0 Å². The number of primary sulfonamides is 1. The second kappa shape index (κ2) is 4.14. The quantitative estimate of drug-likeness (QED) is 0.858. The molecule has 0 spiro atoms. The van der Waals surface area contributed by atoms with E-state index in [0.717, 1.165) is 6.07 Å². The molecule has 0 aliphatic carbocycles. The molecule has 18 heavy (non-hydrogen) atoms. The van der Waals surface area contributed by atoms with Crippen LogP contribution in [0.3, 0.4) is 0 Å². The summed E-state index contributed by atoms with van der Waals surface area (Å²) in [5, 5.41) is 3.97. The molecule has 98 valence electrons. The van der Waals surface area contributed by atoms with Gasteiger partial charge in [0.1, 0.15) is 5.52 Å². The maximum Gasteiger partial charge on any atom is 0.446 e. The van der Waals surface area contributed by atoms with Crippen LogP contribution in [-0.2, 0) is 10.0 Å². The van der Waals surface area contributed by atoms with Crippen molar-refractivity contribution in [2.75, 3.05) is 0 Å². The third kappa shape index (κ3) is 2.76. The smallest absolute Gasteiger partial charge is 0.427 e. The molecule has 0 atom stereocenters. The molecule has 0 bridgehead atoms. The van der Waals surface area contributed by atoms with Crippen LogP contribution in [0.2, 0.25) is 0 Å². The summed E-state index contributed by atoms with van der Waals surface area (Å²) in [5.74, 6) is 0. The highest BCUT2D eigenvalue weighted by atomic mass is 32.2. The fraction of sp³-hybridized carbons (Fsp3) is 0.125. The highest BCUT2D eigenvalue weighted by molar-refractivity contribution is 8.00. The number of hydrogen-bond donors (Lipinski definition) is 1. The van der Waals surface area contributed by atoms with Gasteiger partial charge in [-0.15, -0.1) is 0 Å². The van der Waals surface area contributed by atoms with E-state index in [9.17, 15) is 21.6 Å². The highest BCUT2D eigenvalue weighted by Crippen LogP contribution is 2.40. The van der Waals surface area contributed by atoms with E-state index >= 15 is 0 Å². The van der Waals surface area contributed by atoms with E-state index in [1.54, 1.807) is 0 Å². The number of nitrogens with two attached hydrogens (primary N) is 1. The number of para-hydroxylation sites is 1. The lowest BCUT2D eigenvalue weighted by molar-refractivity contribution is -0.0327. The maximum atomic E-state index is 12.3. The molecular weight excluding hydrogens is 293 g/mol. The Labute approximate surface area is 103 Å². The maximum absolute atomic E-state index is 12.3. The van der Waals surface area contributed by atoms with Crippen molar-refractivity contribution in [2.24, 2.45) is 5.14 Å². The molecular formula is C8H5F3N2O3S2. The van der Waals surface area contributed by atoms with Gasteiger partial charge in [-0.05, 0) is 23.9 Å². The summed E-state index contributed by atoms with van der Waals surface area (Å²) < 4.78 is 63.6. The lowest BCUT2D eigenvalue weighted by Gasteiger charge is -2.04. The van der Waals surface area contributed by atoms with E-state index in [1.807, 2.05) is 0 Å². The molecule has 2 N–H and O–H groups in total. The second-order valence-electron chi connectivity index (χ2n) is 3.18. The van der Waals surface area contributed by atoms with Crippen LogP contribution < -0.4 is 5.14 Å². The molecule has 0 amide bonds. The first-order valence-corrected chi connectivity index (χ1v) is 6.71. The fourth-order valence-electron chi connectivity index (χ4n) is 1.23. The Morgan fingerprint density at radius 1 is 1.33 bits per heavy atom. The fourth-order valence-corrected chi connectivity index (χ4v) is 2.29. The number of thioether (sulfide) groups is 1. The topological polar surface area (TPSA) is 86.2 Å². The third-order valence-electron chi connectivity index (χ3n) is 1.83. The molecule has 0 aliphatic rings. The summed E-state index contributed by atoms with van der Waals surface area (Å²) in [6.45, 7) is 0. The van der Waals surface area contributed by atoms with Gasteiger partial charge in [-0.2, -0.15) is 18.2 Å². The van der Waals surface area contributed by atoms with Crippen molar-refractivity contribution in [3.8, 4) is 0 Å². The normalized spacial score (nSPS) is 13.1. The summed E-state index contributed by atoms with van der Waals surface area (Å²) in [6.07, 6.45) is 0. The summed E-state index contributed by atoms with van der Waals surface area (Å²) in [7, 11) is -4.19. The van der Waals surface area contributed by atoms with Crippen LogP contribution in [0, 0.1) is 0 Å². The number of nitrogens with zero attached hydrogens (tertiary/aromatic N) is 1. The van der Waals surface area contributed by atoms with Crippen molar-refractivity contribution in [3.05, 3.63) is 18.2 Å². The molecule has 2 rings (SSSR count). The molecule has 2 aromatic rings. The van der Waals surface area contributed by atoms with Gasteiger partial charge in [0.05, 0.1) is 0 Å². The zero-order valence-corrected chi connectivity index (χ0v) is 10.1. The standard InChI is InChI=1S/C8H5F3N2O3S2/c9-8(10,11)17-5-3-1-2-4-6(5)13-7(16-4)18(12,14)15/h1-3H,(H2,12,14,15). The van der Waals surface area contributed by atoms with Crippen LogP contribution in [0.1, 0.15) is 0 Å². The monoisotopic (exact) mass is 298 g/mol. The van der Waals surface area contributed by atoms with Gasteiger partial charge in [0.25, 0.3) is 10.0 Å². The average molecular weight is 298 g/mol. The largest absolute Gasteiger partial charge is 0.446 e. The minimum absolute atomic E-state index is 0.0757.